The molecule has 6 nitrogen and oxygen atoms in total. The first-order chi connectivity index (χ1) is 7.02. The molecule has 0 saturated heterocycles. The first-order valence-corrected chi connectivity index (χ1v) is 4.71. The lowest BCUT2D eigenvalue weighted by Crippen LogP contribution is -2.41. The molecule has 0 heterocycles. The second-order valence-electron chi connectivity index (χ2n) is 3.24. The van der Waals surface area contributed by atoms with Crippen molar-refractivity contribution in [1.82, 2.24) is 10.6 Å². The van der Waals surface area contributed by atoms with Crippen molar-refractivity contribution < 1.29 is 19.4 Å². The summed E-state index contributed by atoms with van der Waals surface area (Å²) in [5, 5.41) is 14.5. The minimum absolute atomic E-state index is 0.125. The number of hydrogen-bond acceptors (Lipinski definition) is 5. The number of hydrogen-bond donors (Lipinski definition) is 3. The number of ether oxygens (including phenoxy) is 1. The summed E-state index contributed by atoms with van der Waals surface area (Å²) in [6.07, 6.45) is -1.30. The monoisotopic (exact) mass is 218 g/mol. The Morgan fingerprint density at radius 1 is 1.40 bits per heavy atom. The number of carbonyl (C=O) groups excluding carboxylic acids is 2. The summed E-state index contributed by atoms with van der Waals surface area (Å²) in [7, 11) is 2.92. The molecular formula is C9H18N2O4. The smallest absolute Gasteiger partial charge is 0.336 e. The summed E-state index contributed by atoms with van der Waals surface area (Å²) in [6.45, 7) is 2.16. The Morgan fingerprint density at radius 2 is 2.00 bits per heavy atom. The van der Waals surface area contributed by atoms with E-state index in [0.29, 0.717) is 6.54 Å². The molecule has 1 amide bonds. The van der Waals surface area contributed by atoms with Crippen LogP contribution in [0.4, 0.5) is 0 Å². The Hall–Kier alpha value is -1.14. The molecular weight excluding hydrogens is 200 g/mol. The van der Waals surface area contributed by atoms with Gasteiger partial charge in [-0.05, 0) is 7.05 Å². The Morgan fingerprint density at radius 3 is 2.47 bits per heavy atom. The Balaban J connectivity index is 3.84. The second kappa shape index (κ2) is 7.19. The molecule has 0 fully saturated rings. The average molecular weight is 218 g/mol. The van der Waals surface area contributed by atoms with E-state index in [2.05, 4.69) is 15.4 Å². The zero-order valence-corrected chi connectivity index (χ0v) is 9.24. The summed E-state index contributed by atoms with van der Waals surface area (Å²) in [4.78, 5) is 22.1. The molecule has 15 heavy (non-hydrogen) atoms. The normalized spacial score (nSPS) is 14.1. The molecule has 0 aromatic heterocycles. The fourth-order valence-electron chi connectivity index (χ4n) is 0.990. The molecule has 0 aliphatic heterocycles. The van der Waals surface area contributed by atoms with Crippen LogP contribution < -0.4 is 10.6 Å². The first-order valence-electron chi connectivity index (χ1n) is 4.71. The van der Waals surface area contributed by atoms with Crippen LogP contribution in [-0.2, 0) is 14.3 Å². The van der Waals surface area contributed by atoms with Crippen molar-refractivity contribution >= 4 is 11.9 Å². The quantitative estimate of drug-likeness (QED) is 0.472. The molecule has 0 aromatic carbocycles. The van der Waals surface area contributed by atoms with Gasteiger partial charge in [-0.3, -0.25) is 4.79 Å². The molecule has 2 unspecified atom stereocenters. The van der Waals surface area contributed by atoms with Crippen LogP contribution in [0.15, 0.2) is 0 Å². The number of amides is 1. The van der Waals surface area contributed by atoms with Crippen molar-refractivity contribution in [3.05, 3.63) is 0 Å². The van der Waals surface area contributed by atoms with Gasteiger partial charge in [0.25, 0.3) is 0 Å². The molecule has 0 aliphatic rings. The number of nitrogens with one attached hydrogen (secondary N) is 2. The molecule has 88 valence electrons. The lowest BCUT2D eigenvalue weighted by Gasteiger charge is -2.13. The number of aliphatic hydroxyl groups excluding tert-OH is 1. The average Bonchev–Trinajstić information content (AvgIpc) is 2.24. The zero-order chi connectivity index (χ0) is 11.8. The predicted octanol–water partition coefficient (Wildman–Crippen LogP) is -1.51. The van der Waals surface area contributed by atoms with Crippen LogP contribution in [0.1, 0.15) is 6.92 Å². The van der Waals surface area contributed by atoms with Gasteiger partial charge in [0, 0.05) is 12.5 Å². The number of carbonyl (C=O) groups is 2. The van der Waals surface area contributed by atoms with Crippen molar-refractivity contribution in [1.29, 1.82) is 0 Å². The van der Waals surface area contributed by atoms with Gasteiger partial charge in [0.1, 0.15) is 0 Å². The first kappa shape index (κ1) is 13.9. The third kappa shape index (κ3) is 5.34. The highest BCUT2D eigenvalue weighted by Gasteiger charge is 2.18. The molecule has 3 N–H and O–H groups in total. The lowest BCUT2D eigenvalue weighted by molar-refractivity contribution is -0.150. The van der Waals surface area contributed by atoms with Crippen LogP contribution in [0, 0.1) is 5.92 Å². The SMILES string of the molecule is CNCC(C)C(=O)NCC(O)C(=O)OC. The molecule has 0 spiro atoms. The summed E-state index contributed by atoms with van der Waals surface area (Å²) < 4.78 is 4.30. The third-order valence-electron chi connectivity index (χ3n) is 1.90. The Kier molecular flexibility index (Phi) is 6.64. The van der Waals surface area contributed by atoms with Crippen molar-refractivity contribution in [2.24, 2.45) is 5.92 Å². The van der Waals surface area contributed by atoms with Gasteiger partial charge < -0.3 is 20.5 Å². The van der Waals surface area contributed by atoms with Gasteiger partial charge in [0.2, 0.25) is 5.91 Å². The second-order valence-corrected chi connectivity index (χ2v) is 3.24. The topological polar surface area (TPSA) is 87.7 Å². The van der Waals surface area contributed by atoms with Gasteiger partial charge in [0.05, 0.1) is 13.7 Å². The highest BCUT2D eigenvalue weighted by atomic mass is 16.5. The van der Waals surface area contributed by atoms with Gasteiger partial charge in [-0.15, -0.1) is 0 Å². The standard InChI is InChI=1S/C9H18N2O4/c1-6(4-10-2)8(13)11-5-7(12)9(14)15-3/h6-7,10,12H,4-5H2,1-3H3,(H,11,13). The maximum Gasteiger partial charge on any atom is 0.336 e. The molecule has 6 heteroatoms. The van der Waals surface area contributed by atoms with E-state index < -0.39 is 12.1 Å². The van der Waals surface area contributed by atoms with E-state index in [1.807, 2.05) is 0 Å². The van der Waals surface area contributed by atoms with Gasteiger partial charge >= 0.3 is 5.97 Å². The number of rotatable bonds is 6. The number of aliphatic hydroxyl groups is 1. The fourth-order valence-corrected chi connectivity index (χ4v) is 0.990. The van der Waals surface area contributed by atoms with E-state index in [4.69, 9.17) is 0 Å². The number of methoxy groups -OCH3 is 1. The molecule has 0 radical (unpaired) electrons. The van der Waals surface area contributed by atoms with Crippen LogP contribution in [0.3, 0.4) is 0 Å². The summed E-state index contributed by atoms with van der Waals surface area (Å²) in [5.41, 5.74) is 0. The predicted molar refractivity (Wildman–Crippen MR) is 54.1 cm³/mol. The van der Waals surface area contributed by atoms with Crippen molar-refractivity contribution in [3.63, 3.8) is 0 Å². The highest BCUT2D eigenvalue weighted by Crippen LogP contribution is 1.92. The maximum absolute atomic E-state index is 11.3. The fraction of sp³-hybridized carbons (Fsp3) is 0.778. The van der Waals surface area contributed by atoms with E-state index in [0.717, 1.165) is 0 Å². The molecule has 2 atom stereocenters. The minimum atomic E-state index is -1.30. The number of esters is 1. The van der Waals surface area contributed by atoms with Gasteiger partial charge in [-0.2, -0.15) is 0 Å². The van der Waals surface area contributed by atoms with E-state index >= 15 is 0 Å². The largest absolute Gasteiger partial charge is 0.467 e. The van der Waals surface area contributed by atoms with Gasteiger partial charge in [0.15, 0.2) is 6.10 Å². The van der Waals surface area contributed by atoms with Gasteiger partial charge in [-0.25, -0.2) is 4.79 Å². The molecule has 0 saturated carbocycles. The summed E-state index contributed by atoms with van der Waals surface area (Å²) in [5.74, 6) is -1.18. The van der Waals surface area contributed by atoms with Crippen molar-refractivity contribution in [2.75, 3.05) is 27.2 Å². The minimum Gasteiger partial charge on any atom is -0.467 e. The van der Waals surface area contributed by atoms with Crippen LogP contribution in [0.25, 0.3) is 0 Å². The van der Waals surface area contributed by atoms with Crippen LogP contribution in [0.2, 0.25) is 0 Å². The molecule has 0 aromatic rings. The van der Waals surface area contributed by atoms with Crippen LogP contribution >= 0.6 is 0 Å². The lowest BCUT2D eigenvalue weighted by atomic mass is 10.1. The summed E-state index contributed by atoms with van der Waals surface area (Å²) >= 11 is 0. The molecule has 0 aliphatic carbocycles. The molecule has 0 bridgehead atoms. The van der Waals surface area contributed by atoms with Crippen LogP contribution in [-0.4, -0.2) is 50.3 Å². The van der Waals surface area contributed by atoms with Crippen molar-refractivity contribution in [2.45, 2.75) is 13.0 Å². The Labute approximate surface area is 89.0 Å². The van der Waals surface area contributed by atoms with E-state index in [1.54, 1.807) is 14.0 Å². The van der Waals surface area contributed by atoms with E-state index in [1.165, 1.54) is 7.11 Å². The van der Waals surface area contributed by atoms with E-state index in [9.17, 15) is 14.7 Å². The Bertz CT molecular complexity index is 220. The van der Waals surface area contributed by atoms with Crippen molar-refractivity contribution in [3.8, 4) is 0 Å². The third-order valence-corrected chi connectivity index (χ3v) is 1.90. The highest BCUT2D eigenvalue weighted by molar-refractivity contribution is 5.80. The van der Waals surface area contributed by atoms with E-state index in [-0.39, 0.29) is 18.4 Å². The van der Waals surface area contributed by atoms with Crippen LogP contribution in [0.5, 0.6) is 0 Å². The maximum atomic E-state index is 11.3. The van der Waals surface area contributed by atoms with Gasteiger partial charge in [-0.1, -0.05) is 6.92 Å². The molecule has 0 rings (SSSR count). The zero-order valence-electron chi connectivity index (χ0n) is 9.24. The summed E-state index contributed by atoms with van der Waals surface area (Å²) in [6, 6.07) is 0.